The largest absolute Gasteiger partial charge is 0.469 e. The number of ether oxygens (including phenoxy) is 1. The van der Waals surface area contributed by atoms with Gasteiger partial charge in [0.1, 0.15) is 0 Å². The summed E-state index contributed by atoms with van der Waals surface area (Å²) < 4.78 is 4.87. The lowest BCUT2D eigenvalue weighted by molar-refractivity contribution is -0.145. The zero-order chi connectivity index (χ0) is 14.1. The van der Waals surface area contributed by atoms with Crippen molar-refractivity contribution in [2.24, 2.45) is 5.92 Å². The van der Waals surface area contributed by atoms with Crippen molar-refractivity contribution in [1.82, 2.24) is 4.90 Å². The zero-order valence-corrected chi connectivity index (χ0v) is 12.6. The molecule has 1 aromatic carbocycles. The number of esters is 1. The third-order valence-electron chi connectivity index (χ3n) is 4.17. The normalized spacial score (nSPS) is 27.3. The van der Waals surface area contributed by atoms with Crippen LogP contribution in [0.25, 0.3) is 0 Å². The Labute approximate surface area is 130 Å². The minimum atomic E-state index is -0.239. The van der Waals surface area contributed by atoms with Gasteiger partial charge in [-0.1, -0.05) is 36.4 Å². The third-order valence-corrected chi connectivity index (χ3v) is 4.17. The quantitative estimate of drug-likeness (QED) is 0.801. The van der Waals surface area contributed by atoms with Gasteiger partial charge in [0, 0.05) is 12.6 Å². The first-order valence-corrected chi connectivity index (χ1v) is 6.80. The van der Waals surface area contributed by atoms with E-state index in [2.05, 4.69) is 4.90 Å². The maximum Gasteiger partial charge on any atom is 0.310 e. The van der Waals surface area contributed by atoms with E-state index in [4.69, 9.17) is 4.74 Å². The highest BCUT2D eigenvalue weighted by Crippen LogP contribution is 2.36. The first-order valence-electron chi connectivity index (χ1n) is 6.80. The van der Waals surface area contributed by atoms with E-state index >= 15 is 0 Å². The second-order valence-electron chi connectivity index (χ2n) is 5.29. The second-order valence-corrected chi connectivity index (χ2v) is 5.29. The predicted molar refractivity (Wildman–Crippen MR) is 81.1 cm³/mol. The first-order chi connectivity index (χ1) is 9.70. The number of fused-ring (bicyclic) bond motifs is 2. The van der Waals surface area contributed by atoms with Crippen LogP contribution in [0.1, 0.15) is 12.0 Å². The Bertz CT molecular complexity index is 558. The molecule has 0 amide bonds. The molecule has 112 valence electrons. The van der Waals surface area contributed by atoms with Crippen molar-refractivity contribution >= 4 is 24.2 Å². The summed E-state index contributed by atoms with van der Waals surface area (Å²) in [6.07, 6.45) is 4.01. The van der Waals surface area contributed by atoms with Crippen LogP contribution >= 0.6 is 12.4 Å². The summed E-state index contributed by atoms with van der Waals surface area (Å²) in [6, 6.07) is 9.77. The van der Waals surface area contributed by atoms with Gasteiger partial charge in [0.15, 0.2) is 5.78 Å². The summed E-state index contributed by atoms with van der Waals surface area (Å²) in [7, 11) is 1.40. The topological polar surface area (TPSA) is 46.6 Å². The van der Waals surface area contributed by atoms with Crippen molar-refractivity contribution in [2.45, 2.75) is 25.0 Å². The number of benzene rings is 1. The van der Waals surface area contributed by atoms with Gasteiger partial charge in [-0.3, -0.25) is 14.5 Å². The molecule has 21 heavy (non-hydrogen) atoms. The molecule has 0 saturated carbocycles. The van der Waals surface area contributed by atoms with Crippen LogP contribution in [0.15, 0.2) is 42.5 Å². The molecule has 0 aliphatic carbocycles. The molecule has 3 unspecified atom stereocenters. The molecular formula is C16H18ClNO3. The molecule has 0 radical (unpaired) electrons. The Morgan fingerprint density at radius 3 is 2.71 bits per heavy atom. The van der Waals surface area contributed by atoms with Gasteiger partial charge in [-0.2, -0.15) is 0 Å². The number of methoxy groups -OCH3 is 1. The molecule has 2 bridgehead atoms. The smallest absolute Gasteiger partial charge is 0.310 e. The van der Waals surface area contributed by atoms with Crippen molar-refractivity contribution in [3.05, 3.63) is 48.0 Å². The third kappa shape index (κ3) is 2.87. The molecule has 2 aliphatic heterocycles. The SMILES string of the molecule is COC(=O)C1CC2C(=O)C=CC1N2Cc1ccccc1.Cl. The van der Waals surface area contributed by atoms with Gasteiger partial charge in [-0.05, 0) is 18.1 Å². The summed E-state index contributed by atoms with van der Waals surface area (Å²) >= 11 is 0. The molecule has 0 aromatic heterocycles. The van der Waals surface area contributed by atoms with Gasteiger partial charge in [-0.15, -0.1) is 12.4 Å². The van der Waals surface area contributed by atoms with E-state index in [0.717, 1.165) is 5.56 Å². The van der Waals surface area contributed by atoms with Gasteiger partial charge in [0.25, 0.3) is 0 Å². The summed E-state index contributed by atoms with van der Waals surface area (Å²) in [5.74, 6) is -0.380. The fourth-order valence-electron chi connectivity index (χ4n) is 3.18. The van der Waals surface area contributed by atoms with Crippen LogP contribution in [0.4, 0.5) is 0 Å². The Morgan fingerprint density at radius 2 is 2.05 bits per heavy atom. The summed E-state index contributed by atoms with van der Waals surface area (Å²) in [5, 5.41) is 0. The lowest BCUT2D eigenvalue weighted by Crippen LogP contribution is -2.43. The van der Waals surface area contributed by atoms with E-state index < -0.39 is 0 Å². The average Bonchev–Trinajstić information content (AvgIpc) is 2.73. The molecule has 3 rings (SSSR count). The summed E-state index contributed by atoms with van der Waals surface area (Å²) in [5.41, 5.74) is 1.15. The van der Waals surface area contributed by atoms with Crippen molar-refractivity contribution in [1.29, 1.82) is 0 Å². The van der Waals surface area contributed by atoms with E-state index in [1.807, 2.05) is 36.4 Å². The standard InChI is InChI=1S/C16H17NO3.ClH/c1-20-16(19)12-9-14-15(18)8-7-13(12)17(14)10-11-5-3-2-4-6-11;/h2-8,12-14H,9-10H2,1H3;1H. The number of ketones is 1. The summed E-state index contributed by atoms with van der Waals surface area (Å²) in [6.45, 7) is 0.680. The fraction of sp³-hybridized carbons (Fsp3) is 0.375. The van der Waals surface area contributed by atoms with Crippen molar-refractivity contribution in [2.75, 3.05) is 7.11 Å². The van der Waals surface area contributed by atoms with E-state index in [0.29, 0.717) is 13.0 Å². The Morgan fingerprint density at radius 1 is 1.33 bits per heavy atom. The van der Waals surface area contributed by atoms with Gasteiger partial charge in [0.05, 0.1) is 19.1 Å². The highest BCUT2D eigenvalue weighted by atomic mass is 35.5. The van der Waals surface area contributed by atoms with Crippen LogP contribution in [0.2, 0.25) is 0 Å². The minimum Gasteiger partial charge on any atom is -0.469 e. The first kappa shape index (κ1) is 15.7. The van der Waals surface area contributed by atoms with E-state index in [1.54, 1.807) is 6.08 Å². The van der Waals surface area contributed by atoms with Crippen LogP contribution in [0, 0.1) is 5.92 Å². The van der Waals surface area contributed by atoms with Crippen LogP contribution in [-0.4, -0.2) is 35.8 Å². The second kappa shape index (κ2) is 6.41. The molecule has 1 fully saturated rings. The molecule has 5 heteroatoms. The molecule has 3 atom stereocenters. The number of rotatable bonds is 3. The fourth-order valence-corrected chi connectivity index (χ4v) is 3.18. The number of halogens is 1. The number of nitrogens with zero attached hydrogens (tertiary/aromatic N) is 1. The summed E-state index contributed by atoms with van der Waals surface area (Å²) in [4.78, 5) is 26.0. The number of carbonyl (C=O) groups excluding carboxylic acids is 2. The highest BCUT2D eigenvalue weighted by molar-refractivity contribution is 5.97. The zero-order valence-electron chi connectivity index (χ0n) is 11.8. The molecule has 2 aliphatic rings. The lowest BCUT2D eigenvalue weighted by Gasteiger charge is -2.31. The highest BCUT2D eigenvalue weighted by Gasteiger charge is 2.48. The number of hydrogen-bond acceptors (Lipinski definition) is 4. The van der Waals surface area contributed by atoms with Crippen LogP contribution in [0.5, 0.6) is 0 Å². The monoisotopic (exact) mass is 307 g/mol. The lowest BCUT2D eigenvalue weighted by atomic mass is 10.0. The van der Waals surface area contributed by atoms with Crippen molar-refractivity contribution < 1.29 is 14.3 Å². The van der Waals surface area contributed by atoms with Gasteiger partial charge < -0.3 is 4.74 Å². The molecule has 1 saturated heterocycles. The van der Waals surface area contributed by atoms with E-state index in [-0.39, 0.29) is 42.2 Å². The number of carbonyl (C=O) groups is 2. The average molecular weight is 308 g/mol. The Balaban J connectivity index is 0.00000161. The Hall–Kier alpha value is -1.65. The Kier molecular flexibility index (Phi) is 4.80. The predicted octanol–water partition coefficient (Wildman–Crippen LogP) is 1.98. The molecule has 2 heterocycles. The van der Waals surface area contributed by atoms with E-state index in [1.165, 1.54) is 7.11 Å². The van der Waals surface area contributed by atoms with Gasteiger partial charge >= 0.3 is 5.97 Å². The van der Waals surface area contributed by atoms with E-state index in [9.17, 15) is 9.59 Å². The molecule has 0 N–H and O–H groups in total. The molecule has 0 spiro atoms. The van der Waals surface area contributed by atoms with Crippen LogP contribution in [-0.2, 0) is 20.9 Å². The maximum atomic E-state index is 12.0. The molecule has 4 nitrogen and oxygen atoms in total. The molecule has 1 aromatic rings. The van der Waals surface area contributed by atoms with Gasteiger partial charge in [-0.25, -0.2) is 0 Å². The van der Waals surface area contributed by atoms with Gasteiger partial charge in [0.2, 0.25) is 0 Å². The van der Waals surface area contributed by atoms with Crippen molar-refractivity contribution in [3.8, 4) is 0 Å². The maximum absolute atomic E-state index is 12.0. The number of hydrogen-bond donors (Lipinski definition) is 0. The van der Waals surface area contributed by atoms with Crippen LogP contribution < -0.4 is 0 Å². The van der Waals surface area contributed by atoms with Crippen molar-refractivity contribution in [3.63, 3.8) is 0 Å². The molecular weight excluding hydrogens is 290 g/mol. The minimum absolute atomic E-state index is 0. The van der Waals surface area contributed by atoms with Crippen LogP contribution in [0.3, 0.4) is 0 Å².